The Morgan fingerprint density at radius 3 is 1.26 bits per heavy atom. The number of nitrogens with zero attached hydrogens (tertiary/aromatic N) is 7. The van der Waals surface area contributed by atoms with Gasteiger partial charge < -0.3 is 4.52 Å². The predicted octanol–water partition coefficient (Wildman–Crippen LogP) is 8.63. The summed E-state index contributed by atoms with van der Waals surface area (Å²) in [4.78, 5) is 0. The summed E-state index contributed by atoms with van der Waals surface area (Å²) < 4.78 is 9.22. The lowest BCUT2D eigenvalue weighted by molar-refractivity contribution is 0.316. The molecule has 0 spiro atoms. The van der Waals surface area contributed by atoms with Crippen molar-refractivity contribution in [2.45, 2.75) is 171 Å². The molecule has 0 fully saturated rings. The Balaban J connectivity index is 0.000000315. The minimum Gasteiger partial charge on any atom is -0.361 e. The van der Waals surface area contributed by atoms with E-state index in [0.717, 1.165) is 22.8 Å². The van der Waals surface area contributed by atoms with Crippen LogP contribution in [-0.2, 0) is 39.7 Å². The molecule has 8 heteroatoms. The van der Waals surface area contributed by atoms with Gasteiger partial charge >= 0.3 is 0 Å². The second kappa shape index (κ2) is 12.2. The van der Waals surface area contributed by atoms with Gasteiger partial charge in [-0.3, -0.25) is 4.68 Å². The molecule has 240 valence electrons. The first-order chi connectivity index (χ1) is 18.4. The number of rotatable bonds is 0. The van der Waals surface area contributed by atoms with E-state index >= 15 is 0 Å². The molecule has 0 aromatic carbocycles. The average molecular weight is 586 g/mol. The summed E-state index contributed by atoms with van der Waals surface area (Å²) in [6.45, 7) is 43.2. The third kappa shape index (κ3) is 9.50. The molecule has 0 bridgehead atoms. The normalized spacial score (nSPS) is 13.4. The minimum absolute atomic E-state index is 0.00384. The van der Waals surface area contributed by atoms with Gasteiger partial charge in [0.1, 0.15) is 5.76 Å². The molecule has 0 aliphatic heterocycles. The van der Waals surface area contributed by atoms with Gasteiger partial charge in [0.05, 0.1) is 34.0 Å². The molecule has 0 saturated carbocycles. The van der Waals surface area contributed by atoms with Crippen molar-refractivity contribution in [3.63, 3.8) is 0 Å². The molecule has 3 aromatic rings. The van der Waals surface area contributed by atoms with Crippen molar-refractivity contribution in [3.05, 3.63) is 39.8 Å². The molecule has 0 N–H and O–H groups in total. The lowest BCUT2D eigenvalue weighted by Crippen LogP contribution is -2.30. The van der Waals surface area contributed by atoms with Crippen LogP contribution in [0.1, 0.15) is 164 Å². The van der Waals surface area contributed by atoms with Gasteiger partial charge in [-0.25, -0.2) is 4.68 Å². The van der Waals surface area contributed by atoms with Gasteiger partial charge in [0, 0.05) is 34.3 Å². The lowest BCUT2D eigenvalue weighted by Gasteiger charge is -2.27. The van der Waals surface area contributed by atoms with Gasteiger partial charge in [-0.1, -0.05) is 119 Å². The predicted molar refractivity (Wildman–Crippen MR) is 175 cm³/mol. The summed E-state index contributed by atoms with van der Waals surface area (Å²) in [6, 6.07) is 0. The van der Waals surface area contributed by atoms with Gasteiger partial charge in [-0.2, -0.15) is 0 Å². The van der Waals surface area contributed by atoms with Crippen LogP contribution in [0.25, 0.3) is 0 Å². The number of aryl methyl sites for hydroxylation is 3. The maximum atomic E-state index is 5.30. The van der Waals surface area contributed by atoms with E-state index in [1.807, 2.05) is 30.3 Å². The van der Waals surface area contributed by atoms with Crippen LogP contribution in [-0.4, -0.2) is 35.1 Å². The van der Waals surface area contributed by atoms with Gasteiger partial charge in [0.15, 0.2) is 0 Å². The second-order valence-electron chi connectivity index (χ2n) is 17.7. The molecule has 0 aliphatic carbocycles. The molecule has 0 atom stereocenters. The Bertz CT molecular complexity index is 1130. The van der Waals surface area contributed by atoms with E-state index in [4.69, 9.17) is 4.52 Å². The summed E-state index contributed by atoms with van der Waals surface area (Å²) in [5, 5.41) is 20.9. The Morgan fingerprint density at radius 2 is 0.976 bits per heavy atom. The highest BCUT2D eigenvalue weighted by Gasteiger charge is 2.32. The van der Waals surface area contributed by atoms with Crippen molar-refractivity contribution < 1.29 is 4.52 Å². The second-order valence-corrected chi connectivity index (χ2v) is 17.7. The highest BCUT2D eigenvalue weighted by Crippen LogP contribution is 2.35. The van der Waals surface area contributed by atoms with Crippen molar-refractivity contribution in [2.24, 2.45) is 7.05 Å². The van der Waals surface area contributed by atoms with Crippen LogP contribution < -0.4 is 0 Å². The SMILES string of the molecule is Cc1nnn(C(C)(C)C)c1C(C)(C)C.Cc1onc(C(C)(C)C)c1C(C)(C)C.Cn1nnc(C(C)(C)C)c1C(C)(C)C. The molecular formula is C34H63N7O. The standard InChI is InChI=1S/C12H21NO.2C11H21N3/c1-8-9(11(2,3)4)10(13-14-8)12(5,6)7;1-10(2,3)8-9(11(4,5)6)14(7)13-12-8;1-8-9(10(2,3)4)14(13-12-8)11(5,6)7/h3*1-7H3. The molecule has 3 rings (SSSR count). The maximum Gasteiger partial charge on any atom is 0.137 e. The molecule has 0 unspecified atom stereocenters. The third-order valence-electron chi connectivity index (χ3n) is 6.76. The summed E-state index contributed by atoms with van der Waals surface area (Å²) >= 11 is 0. The Labute approximate surface area is 257 Å². The zero-order chi connectivity index (χ0) is 33.4. The fourth-order valence-electron chi connectivity index (χ4n) is 5.16. The van der Waals surface area contributed by atoms with E-state index in [-0.39, 0.29) is 32.6 Å². The molecule has 42 heavy (non-hydrogen) atoms. The van der Waals surface area contributed by atoms with Crippen molar-refractivity contribution in [1.29, 1.82) is 0 Å². The van der Waals surface area contributed by atoms with Crippen LogP contribution >= 0.6 is 0 Å². The lowest BCUT2D eigenvalue weighted by atomic mass is 9.78. The summed E-state index contributed by atoms with van der Waals surface area (Å²) in [7, 11) is 1.96. The summed E-state index contributed by atoms with van der Waals surface area (Å²) in [6.07, 6.45) is 0. The topological polar surface area (TPSA) is 87.5 Å². The minimum atomic E-state index is 0.00384. The van der Waals surface area contributed by atoms with Gasteiger partial charge in [-0.15, -0.1) is 10.2 Å². The average Bonchev–Trinajstić information content (AvgIpc) is 3.42. The van der Waals surface area contributed by atoms with Crippen molar-refractivity contribution in [3.8, 4) is 0 Å². The third-order valence-corrected chi connectivity index (χ3v) is 6.76. The molecule has 3 aromatic heterocycles. The molecular weight excluding hydrogens is 522 g/mol. The van der Waals surface area contributed by atoms with Crippen LogP contribution in [0.3, 0.4) is 0 Å². The zero-order valence-electron chi connectivity index (χ0n) is 31.0. The zero-order valence-corrected chi connectivity index (χ0v) is 31.0. The Morgan fingerprint density at radius 1 is 0.524 bits per heavy atom. The van der Waals surface area contributed by atoms with E-state index in [9.17, 15) is 0 Å². The van der Waals surface area contributed by atoms with Crippen molar-refractivity contribution in [1.82, 2.24) is 35.1 Å². The largest absolute Gasteiger partial charge is 0.361 e. The number of hydrogen-bond acceptors (Lipinski definition) is 6. The number of hydrogen-bond donors (Lipinski definition) is 0. The number of aromatic nitrogens is 7. The van der Waals surface area contributed by atoms with Crippen LogP contribution in [0.5, 0.6) is 0 Å². The highest BCUT2D eigenvalue weighted by atomic mass is 16.5. The molecule has 0 aliphatic rings. The van der Waals surface area contributed by atoms with E-state index in [0.29, 0.717) is 0 Å². The maximum absolute atomic E-state index is 5.30. The summed E-state index contributed by atoms with van der Waals surface area (Å²) in [5.74, 6) is 0.947. The van der Waals surface area contributed by atoms with Crippen LogP contribution in [0.15, 0.2) is 4.52 Å². The van der Waals surface area contributed by atoms with Crippen molar-refractivity contribution >= 4 is 0 Å². The fraction of sp³-hybridized carbons (Fsp3) is 0.794. The Hall–Kier alpha value is -2.51. The summed E-state index contributed by atoms with van der Waals surface area (Å²) in [5.41, 5.74) is 7.36. The quantitative estimate of drug-likeness (QED) is 0.262. The van der Waals surface area contributed by atoms with Gasteiger partial charge in [-0.05, 0) is 40.0 Å². The van der Waals surface area contributed by atoms with Crippen molar-refractivity contribution in [2.75, 3.05) is 0 Å². The molecule has 0 radical (unpaired) electrons. The Kier molecular flexibility index (Phi) is 10.9. The fourth-order valence-corrected chi connectivity index (χ4v) is 5.16. The van der Waals surface area contributed by atoms with Crippen LogP contribution in [0, 0.1) is 13.8 Å². The molecule has 8 nitrogen and oxygen atoms in total. The molecule has 3 heterocycles. The van der Waals surface area contributed by atoms with Crippen LogP contribution in [0.4, 0.5) is 0 Å². The van der Waals surface area contributed by atoms with Gasteiger partial charge in [0.2, 0.25) is 0 Å². The first-order valence-corrected chi connectivity index (χ1v) is 15.2. The highest BCUT2D eigenvalue weighted by molar-refractivity contribution is 5.33. The van der Waals surface area contributed by atoms with Gasteiger partial charge in [0.25, 0.3) is 0 Å². The van der Waals surface area contributed by atoms with E-state index in [2.05, 4.69) is 150 Å². The smallest absolute Gasteiger partial charge is 0.137 e. The monoisotopic (exact) mass is 586 g/mol. The molecule has 0 saturated heterocycles. The van der Waals surface area contributed by atoms with E-state index in [1.54, 1.807) is 0 Å². The first-order valence-electron chi connectivity index (χ1n) is 15.2. The van der Waals surface area contributed by atoms with Crippen LogP contribution in [0.2, 0.25) is 0 Å². The van der Waals surface area contributed by atoms with E-state index in [1.165, 1.54) is 17.0 Å². The first kappa shape index (κ1) is 37.5. The molecule has 0 amide bonds. The van der Waals surface area contributed by atoms with E-state index < -0.39 is 0 Å².